The first-order chi connectivity index (χ1) is 6.84. The number of carbonyl (C=O) groups is 1. The monoisotopic (exact) mass is 190 g/mol. The molecule has 0 saturated heterocycles. The standard InChI is InChI=1S/C9H10N4O/c10-3-1-2-4-13-9(14)8-7-11-5-6-12-8/h5-7H,1-2,4H2,(H,13,14). The molecule has 1 N–H and O–H groups in total. The molecule has 0 atom stereocenters. The summed E-state index contributed by atoms with van der Waals surface area (Å²) < 4.78 is 0. The van der Waals surface area contributed by atoms with E-state index in [0.29, 0.717) is 25.1 Å². The van der Waals surface area contributed by atoms with Crippen molar-refractivity contribution in [2.75, 3.05) is 6.54 Å². The summed E-state index contributed by atoms with van der Waals surface area (Å²) in [6.45, 7) is 0.489. The SMILES string of the molecule is N#CCCCNC(=O)c1cnccn1. The molecule has 0 fully saturated rings. The maximum Gasteiger partial charge on any atom is 0.271 e. The molecule has 0 unspecified atom stereocenters. The third-order valence-corrected chi connectivity index (χ3v) is 1.55. The van der Waals surface area contributed by atoms with Gasteiger partial charge in [-0.15, -0.1) is 0 Å². The summed E-state index contributed by atoms with van der Waals surface area (Å²) in [5.41, 5.74) is 0.296. The Balaban J connectivity index is 2.33. The predicted molar refractivity (Wildman–Crippen MR) is 49.2 cm³/mol. The van der Waals surface area contributed by atoms with Gasteiger partial charge in [0.05, 0.1) is 12.3 Å². The zero-order valence-electron chi connectivity index (χ0n) is 7.60. The van der Waals surface area contributed by atoms with Gasteiger partial charge in [-0.3, -0.25) is 9.78 Å². The van der Waals surface area contributed by atoms with Crippen molar-refractivity contribution >= 4 is 5.91 Å². The van der Waals surface area contributed by atoms with Crippen LogP contribution in [0.4, 0.5) is 0 Å². The van der Waals surface area contributed by atoms with Crippen LogP contribution in [0.3, 0.4) is 0 Å². The minimum absolute atomic E-state index is 0.254. The van der Waals surface area contributed by atoms with Crippen LogP contribution in [0.25, 0.3) is 0 Å². The Hall–Kier alpha value is -1.96. The van der Waals surface area contributed by atoms with Gasteiger partial charge >= 0.3 is 0 Å². The smallest absolute Gasteiger partial charge is 0.271 e. The fourth-order valence-corrected chi connectivity index (χ4v) is 0.876. The zero-order valence-corrected chi connectivity index (χ0v) is 7.60. The summed E-state index contributed by atoms with van der Waals surface area (Å²) in [7, 11) is 0. The topological polar surface area (TPSA) is 78.7 Å². The number of carbonyl (C=O) groups excluding carboxylic acids is 1. The maximum absolute atomic E-state index is 11.3. The van der Waals surface area contributed by atoms with Gasteiger partial charge in [0.1, 0.15) is 5.69 Å². The Kier molecular flexibility index (Phi) is 4.08. The lowest BCUT2D eigenvalue weighted by Gasteiger charge is -2.01. The van der Waals surface area contributed by atoms with E-state index in [1.165, 1.54) is 18.6 Å². The van der Waals surface area contributed by atoms with E-state index >= 15 is 0 Å². The number of rotatable bonds is 4. The average molecular weight is 190 g/mol. The quantitative estimate of drug-likeness (QED) is 0.701. The van der Waals surface area contributed by atoms with Crippen molar-refractivity contribution in [2.24, 2.45) is 0 Å². The van der Waals surface area contributed by atoms with E-state index in [2.05, 4.69) is 15.3 Å². The Morgan fingerprint density at radius 3 is 3.07 bits per heavy atom. The highest BCUT2D eigenvalue weighted by molar-refractivity contribution is 5.91. The molecule has 0 radical (unpaired) electrons. The fraction of sp³-hybridized carbons (Fsp3) is 0.333. The predicted octanol–water partition coefficient (Wildman–Crippen LogP) is 0.510. The van der Waals surface area contributed by atoms with Crippen LogP contribution in [-0.2, 0) is 0 Å². The lowest BCUT2D eigenvalue weighted by Crippen LogP contribution is -2.25. The molecule has 72 valence electrons. The Morgan fingerprint density at radius 1 is 1.57 bits per heavy atom. The molecule has 14 heavy (non-hydrogen) atoms. The van der Waals surface area contributed by atoms with Crippen LogP contribution in [0, 0.1) is 11.3 Å². The van der Waals surface area contributed by atoms with Crippen LogP contribution in [0.15, 0.2) is 18.6 Å². The van der Waals surface area contributed by atoms with Gasteiger partial charge in [-0.05, 0) is 6.42 Å². The second-order valence-corrected chi connectivity index (χ2v) is 2.61. The Bertz CT molecular complexity index is 330. The average Bonchev–Trinajstić information content (AvgIpc) is 2.25. The van der Waals surface area contributed by atoms with Gasteiger partial charge in [0.2, 0.25) is 0 Å². The first-order valence-electron chi connectivity index (χ1n) is 4.26. The number of hydrogen-bond donors (Lipinski definition) is 1. The van der Waals surface area contributed by atoms with Crippen LogP contribution in [0.1, 0.15) is 23.3 Å². The first-order valence-corrected chi connectivity index (χ1v) is 4.26. The molecule has 5 nitrogen and oxygen atoms in total. The normalized spacial score (nSPS) is 9.07. The van der Waals surface area contributed by atoms with Crippen LogP contribution >= 0.6 is 0 Å². The maximum atomic E-state index is 11.3. The van der Waals surface area contributed by atoms with E-state index in [4.69, 9.17) is 5.26 Å². The van der Waals surface area contributed by atoms with E-state index in [1.807, 2.05) is 6.07 Å². The minimum Gasteiger partial charge on any atom is -0.351 e. The number of aromatic nitrogens is 2. The van der Waals surface area contributed by atoms with Gasteiger partial charge in [-0.1, -0.05) is 0 Å². The molecule has 5 heteroatoms. The fourth-order valence-electron chi connectivity index (χ4n) is 0.876. The van der Waals surface area contributed by atoms with E-state index < -0.39 is 0 Å². The van der Waals surface area contributed by atoms with Crippen molar-refractivity contribution in [1.29, 1.82) is 5.26 Å². The number of hydrogen-bond acceptors (Lipinski definition) is 4. The molecule has 1 rings (SSSR count). The summed E-state index contributed by atoms with van der Waals surface area (Å²) in [6, 6.07) is 2.00. The summed E-state index contributed by atoms with van der Waals surface area (Å²) >= 11 is 0. The highest BCUT2D eigenvalue weighted by Gasteiger charge is 2.04. The summed E-state index contributed by atoms with van der Waals surface area (Å²) in [5, 5.41) is 10.9. The van der Waals surface area contributed by atoms with E-state index in [9.17, 15) is 4.79 Å². The third-order valence-electron chi connectivity index (χ3n) is 1.55. The first kappa shape index (κ1) is 10.1. The van der Waals surface area contributed by atoms with Gasteiger partial charge in [0.15, 0.2) is 0 Å². The van der Waals surface area contributed by atoms with Gasteiger partial charge in [0, 0.05) is 25.4 Å². The molecule has 1 aromatic heterocycles. The van der Waals surface area contributed by atoms with Crippen LogP contribution in [-0.4, -0.2) is 22.4 Å². The van der Waals surface area contributed by atoms with Crippen molar-refractivity contribution < 1.29 is 4.79 Å². The summed E-state index contributed by atoms with van der Waals surface area (Å²) in [6.07, 6.45) is 5.47. The Labute approximate surface area is 81.8 Å². The van der Waals surface area contributed by atoms with Crippen LogP contribution in [0.2, 0.25) is 0 Å². The van der Waals surface area contributed by atoms with Gasteiger partial charge in [-0.25, -0.2) is 4.98 Å². The number of unbranched alkanes of at least 4 members (excludes halogenated alkanes) is 1. The van der Waals surface area contributed by atoms with Crippen molar-refractivity contribution in [3.63, 3.8) is 0 Å². The molecule has 0 saturated carbocycles. The molecule has 0 aliphatic rings. The van der Waals surface area contributed by atoms with Crippen LogP contribution in [0.5, 0.6) is 0 Å². The molecule has 0 aromatic carbocycles. The van der Waals surface area contributed by atoms with Crippen molar-refractivity contribution in [3.8, 4) is 6.07 Å². The number of nitrogens with zero attached hydrogens (tertiary/aromatic N) is 3. The highest BCUT2D eigenvalue weighted by atomic mass is 16.1. The van der Waals surface area contributed by atoms with E-state index in [0.717, 1.165) is 0 Å². The molecule has 0 spiro atoms. The lowest BCUT2D eigenvalue weighted by molar-refractivity contribution is 0.0948. The van der Waals surface area contributed by atoms with E-state index in [-0.39, 0.29) is 5.91 Å². The molecule has 0 aliphatic carbocycles. The molecule has 1 aromatic rings. The highest BCUT2D eigenvalue weighted by Crippen LogP contribution is 1.90. The van der Waals surface area contributed by atoms with Crippen molar-refractivity contribution in [1.82, 2.24) is 15.3 Å². The second-order valence-electron chi connectivity index (χ2n) is 2.61. The number of amides is 1. The zero-order chi connectivity index (χ0) is 10.2. The summed E-state index contributed by atoms with van der Waals surface area (Å²) in [5.74, 6) is -0.254. The Morgan fingerprint density at radius 2 is 2.43 bits per heavy atom. The number of nitrogens with one attached hydrogen (secondary N) is 1. The molecular weight excluding hydrogens is 180 g/mol. The van der Waals surface area contributed by atoms with E-state index in [1.54, 1.807) is 0 Å². The number of nitriles is 1. The van der Waals surface area contributed by atoms with Gasteiger partial charge in [-0.2, -0.15) is 5.26 Å². The van der Waals surface area contributed by atoms with Crippen molar-refractivity contribution in [2.45, 2.75) is 12.8 Å². The minimum atomic E-state index is -0.254. The third kappa shape index (κ3) is 3.19. The van der Waals surface area contributed by atoms with Crippen molar-refractivity contribution in [3.05, 3.63) is 24.3 Å². The molecule has 1 amide bonds. The van der Waals surface area contributed by atoms with Crippen LogP contribution < -0.4 is 5.32 Å². The van der Waals surface area contributed by atoms with Gasteiger partial charge in [0.25, 0.3) is 5.91 Å². The lowest BCUT2D eigenvalue weighted by atomic mass is 10.3. The molecular formula is C9H10N4O. The largest absolute Gasteiger partial charge is 0.351 e. The molecule has 0 bridgehead atoms. The second kappa shape index (κ2) is 5.65. The van der Waals surface area contributed by atoms with Gasteiger partial charge < -0.3 is 5.32 Å². The molecule has 1 heterocycles. The molecule has 0 aliphatic heterocycles. The summed E-state index contributed by atoms with van der Waals surface area (Å²) in [4.78, 5) is 18.9.